The first kappa shape index (κ1) is 22.6. The lowest BCUT2D eigenvalue weighted by atomic mass is 9.89. The lowest BCUT2D eigenvalue weighted by Crippen LogP contribution is -2.51. The largest absolute Gasteiger partial charge is 0.419 e. The van der Waals surface area contributed by atoms with Crippen LogP contribution < -0.4 is 5.32 Å². The van der Waals surface area contributed by atoms with Crippen LogP contribution in [0, 0.1) is 5.92 Å². The first-order valence-corrected chi connectivity index (χ1v) is 10.6. The monoisotopic (exact) mass is 456 g/mol. The molecule has 172 valence electrons. The van der Waals surface area contributed by atoms with E-state index < -0.39 is 11.7 Å². The minimum Gasteiger partial charge on any atom is -0.352 e. The number of rotatable bonds is 5. The highest BCUT2D eigenvalue weighted by molar-refractivity contribution is 6.00. The molecule has 2 aromatic heterocycles. The van der Waals surface area contributed by atoms with Crippen LogP contribution in [-0.4, -0.2) is 49.9 Å². The fourth-order valence-electron chi connectivity index (χ4n) is 4.03. The van der Waals surface area contributed by atoms with Crippen molar-refractivity contribution >= 4 is 11.9 Å². The van der Waals surface area contributed by atoms with Crippen LogP contribution in [0.5, 0.6) is 0 Å². The Morgan fingerprint density at radius 1 is 1.09 bits per heavy atom. The molecule has 7 nitrogen and oxygen atoms in total. The number of piperidine rings is 1. The van der Waals surface area contributed by atoms with Crippen LogP contribution in [0.4, 0.5) is 19.1 Å². The van der Waals surface area contributed by atoms with Crippen LogP contribution in [0.3, 0.4) is 0 Å². The number of nitrogens with one attached hydrogen (secondary N) is 1. The van der Waals surface area contributed by atoms with Crippen molar-refractivity contribution < 1.29 is 18.0 Å². The van der Waals surface area contributed by atoms with Gasteiger partial charge in [0, 0.05) is 43.4 Å². The summed E-state index contributed by atoms with van der Waals surface area (Å²) in [5.41, 5.74) is 0.253. The zero-order valence-corrected chi connectivity index (χ0v) is 18.0. The zero-order chi connectivity index (χ0) is 23.4. The average molecular weight is 456 g/mol. The summed E-state index contributed by atoms with van der Waals surface area (Å²) in [4.78, 5) is 31.5. The maximum absolute atomic E-state index is 13.6. The van der Waals surface area contributed by atoms with Gasteiger partial charge in [-0.25, -0.2) is 19.9 Å². The Morgan fingerprint density at radius 3 is 2.48 bits per heavy atom. The molecular weight excluding hydrogens is 433 g/mol. The van der Waals surface area contributed by atoms with E-state index in [0.29, 0.717) is 30.0 Å². The fourth-order valence-corrected chi connectivity index (χ4v) is 4.03. The van der Waals surface area contributed by atoms with Gasteiger partial charge in [-0.15, -0.1) is 0 Å². The van der Waals surface area contributed by atoms with E-state index in [1.54, 1.807) is 30.6 Å². The summed E-state index contributed by atoms with van der Waals surface area (Å²) in [6.45, 7) is 2.96. The Kier molecular flexibility index (Phi) is 6.52. The SMILES string of the molecule is CC1CCCN(C(=O)c2ccccc2-c2ncccn2)C1CNc1ncc(C(F)(F)F)cn1. The van der Waals surface area contributed by atoms with Crippen molar-refractivity contribution in [1.82, 2.24) is 24.8 Å². The molecule has 3 heterocycles. The number of hydrogen-bond donors (Lipinski definition) is 1. The van der Waals surface area contributed by atoms with E-state index in [2.05, 4.69) is 32.2 Å². The van der Waals surface area contributed by atoms with E-state index in [1.807, 2.05) is 17.0 Å². The van der Waals surface area contributed by atoms with Crippen molar-refractivity contribution in [2.45, 2.75) is 32.0 Å². The number of carbonyl (C=O) groups excluding carboxylic acids is 1. The number of likely N-dealkylation sites (tertiary alicyclic amines) is 1. The van der Waals surface area contributed by atoms with E-state index in [9.17, 15) is 18.0 Å². The van der Waals surface area contributed by atoms with Crippen LogP contribution in [0.2, 0.25) is 0 Å². The Hall–Kier alpha value is -3.56. The van der Waals surface area contributed by atoms with E-state index >= 15 is 0 Å². The molecule has 1 aliphatic heterocycles. The summed E-state index contributed by atoms with van der Waals surface area (Å²) in [5, 5.41) is 3.00. The summed E-state index contributed by atoms with van der Waals surface area (Å²) in [6, 6.07) is 8.75. The molecule has 0 aliphatic carbocycles. The molecule has 33 heavy (non-hydrogen) atoms. The summed E-state index contributed by atoms with van der Waals surface area (Å²) in [7, 11) is 0. The molecule has 0 radical (unpaired) electrons. The minimum absolute atomic E-state index is 0.0891. The highest BCUT2D eigenvalue weighted by Crippen LogP contribution is 2.29. The van der Waals surface area contributed by atoms with Gasteiger partial charge < -0.3 is 10.2 Å². The normalized spacial score (nSPS) is 18.7. The number of alkyl halides is 3. The number of carbonyl (C=O) groups is 1. The number of benzene rings is 1. The summed E-state index contributed by atoms with van der Waals surface area (Å²) in [5.74, 6) is 0.611. The molecule has 1 aromatic carbocycles. The van der Waals surface area contributed by atoms with Gasteiger partial charge in [-0.05, 0) is 30.9 Å². The molecule has 10 heteroatoms. The summed E-state index contributed by atoms with van der Waals surface area (Å²) >= 11 is 0. The maximum Gasteiger partial charge on any atom is 0.419 e. The second kappa shape index (κ2) is 9.51. The second-order valence-electron chi connectivity index (χ2n) is 7.98. The van der Waals surface area contributed by atoms with Crippen molar-refractivity contribution in [3.63, 3.8) is 0 Å². The first-order valence-electron chi connectivity index (χ1n) is 10.6. The van der Waals surface area contributed by atoms with Crippen LogP contribution in [0.1, 0.15) is 35.7 Å². The number of aromatic nitrogens is 4. The van der Waals surface area contributed by atoms with Crippen LogP contribution in [0.15, 0.2) is 55.1 Å². The van der Waals surface area contributed by atoms with Gasteiger partial charge in [0.2, 0.25) is 5.95 Å². The molecule has 0 saturated carbocycles. The molecule has 1 N–H and O–H groups in total. The van der Waals surface area contributed by atoms with Crippen LogP contribution >= 0.6 is 0 Å². The van der Waals surface area contributed by atoms with E-state index in [1.165, 1.54) is 0 Å². The van der Waals surface area contributed by atoms with Crippen molar-refractivity contribution in [3.05, 3.63) is 66.2 Å². The van der Waals surface area contributed by atoms with Gasteiger partial charge in [0.05, 0.1) is 17.2 Å². The zero-order valence-electron chi connectivity index (χ0n) is 18.0. The molecule has 2 unspecified atom stereocenters. The quantitative estimate of drug-likeness (QED) is 0.616. The van der Waals surface area contributed by atoms with Gasteiger partial charge in [-0.1, -0.05) is 25.1 Å². The third-order valence-corrected chi connectivity index (χ3v) is 5.79. The summed E-state index contributed by atoms with van der Waals surface area (Å²) < 4.78 is 38.3. The number of amides is 1. The molecule has 0 spiro atoms. The molecule has 0 bridgehead atoms. The van der Waals surface area contributed by atoms with E-state index in [0.717, 1.165) is 25.2 Å². The Bertz CT molecular complexity index is 1090. The molecule has 4 rings (SSSR count). The smallest absolute Gasteiger partial charge is 0.352 e. The van der Waals surface area contributed by atoms with Crippen molar-refractivity contribution in [2.24, 2.45) is 5.92 Å². The summed E-state index contributed by atoms with van der Waals surface area (Å²) in [6.07, 6.45) is 2.07. The second-order valence-corrected chi connectivity index (χ2v) is 7.98. The molecule has 1 aliphatic rings. The van der Waals surface area contributed by atoms with Gasteiger partial charge in [0.25, 0.3) is 5.91 Å². The lowest BCUT2D eigenvalue weighted by molar-refractivity contribution is -0.138. The predicted octanol–water partition coefficient (Wildman–Crippen LogP) is 4.31. The Morgan fingerprint density at radius 2 is 1.79 bits per heavy atom. The van der Waals surface area contributed by atoms with Crippen molar-refractivity contribution in [1.29, 1.82) is 0 Å². The molecule has 2 atom stereocenters. The molecule has 1 amide bonds. The van der Waals surface area contributed by atoms with Gasteiger partial charge in [0.1, 0.15) is 0 Å². The van der Waals surface area contributed by atoms with E-state index in [4.69, 9.17) is 0 Å². The lowest BCUT2D eigenvalue weighted by Gasteiger charge is -2.40. The van der Waals surface area contributed by atoms with E-state index in [-0.39, 0.29) is 23.8 Å². The molecule has 1 fully saturated rings. The molecule has 3 aromatic rings. The fraction of sp³-hybridized carbons (Fsp3) is 0.348. The highest BCUT2D eigenvalue weighted by Gasteiger charge is 2.34. The molecule has 1 saturated heterocycles. The predicted molar refractivity (Wildman–Crippen MR) is 116 cm³/mol. The Balaban J connectivity index is 1.54. The number of halogens is 3. The van der Waals surface area contributed by atoms with Crippen LogP contribution in [0.25, 0.3) is 11.4 Å². The van der Waals surface area contributed by atoms with Gasteiger partial charge in [-0.3, -0.25) is 4.79 Å². The van der Waals surface area contributed by atoms with Gasteiger partial charge in [0.15, 0.2) is 5.82 Å². The average Bonchev–Trinajstić information content (AvgIpc) is 2.83. The van der Waals surface area contributed by atoms with Crippen molar-refractivity contribution in [2.75, 3.05) is 18.4 Å². The number of anilines is 1. The maximum atomic E-state index is 13.6. The number of hydrogen-bond acceptors (Lipinski definition) is 6. The highest BCUT2D eigenvalue weighted by atomic mass is 19.4. The van der Waals surface area contributed by atoms with Gasteiger partial charge in [-0.2, -0.15) is 13.2 Å². The number of nitrogens with zero attached hydrogens (tertiary/aromatic N) is 5. The van der Waals surface area contributed by atoms with Crippen LogP contribution in [-0.2, 0) is 6.18 Å². The van der Waals surface area contributed by atoms with Crippen molar-refractivity contribution in [3.8, 4) is 11.4 Å². The topological polar surface area (TPSA) is 83.9 Å². The third kappa shape index (κ3) is 5.10. The standard InChI is InChI=1S/C23H23F3N6O/c1-15-6-4-11-32(19(15)14-31-22-29-12-16(13-30-22)23(24,25)26)21(33)18-8-3-2-7-17(18)20-27-9-5-10-28-20/h2-3,5,7-10,12-13,15,19H,4,6,11,14H2,1H3,(H,29,30,31). The van der Waals surface area contributed by atoms with Gasteiger partial charge >= 0.3 is 6.18 Å². The molecular formula is C23H23F3N6O. The Labute approximate surface area is 189 Å². The third-order valence-electron chi connectivity index (χ3n) is 5.79. The minimum atomic E-state index is -4.49. The first-order chi connectivity index (χ1) is 15.8.